The lowest BCUT2D eigenvalue weighted by Gasteiger charge is -2.39. The molecule has 2 N–H and O–H groups in total. The van der Waals surface area contributed by atoms with Crippen molar-refractivity contribution in [2.24, 2.45) is 11.3 Å². The summed E-state index contributed by atoms with van der Waals surface area (Å²) in [4.78, 5) is 72.2. The number of hydrazine groups is 1. The number of hydrogen-bond acceptors (Lipinski definition) is 12. The first-order valence-electron chi connectivity index (χ1n) is 22.9. The van der Waals surface area contributed by atoms with Crippen LogP contribution in [-0.4, -0.2) is 150 Å². The minimum absolute atomic E-state index is 0.0974. The van der Waals surface area contributed by atoms with Crippen molar-refractivity contribution in [1.82, 2.24) is 45.0 Å². The smallest absolute Gasteiger partial charge is 0.324 e. The number of hydrogen-bond donors (Lipinski definition) is 2. The Morgan fingerprint density at radius 2 is 1.91 bits per heavy atom. The van der Waals surface area contributed by atoms with Crippen LogP contribution in [0.15, 0.2) is 41.9 Å². The van der Waals surface area contributed by atoms with Gasteiger partial charge in [0.05, 0.1) is 47.5 Å². The van der Waals surface area contributed by atoms with Crippen molar-refractivity contribution in [3.8, 4) is 22.5 Å². The number of esters is 1. The van der Waals surface area contributed by atoms with E-state index in [9.17, 15) is 19.2 Å². The number of methoxy groups -OCH3 is 1. The first-order chi connectivity index (χ1) is 31.0. The fourth-order valence-corrected chi connectivity index (χ4v) is 10.4. The van der Waals surface area contributed by atoms with Crippen LogP contribution in [0.3, 0.4) is 0 Å². The molecule has 1 aromatic carbocycles. The van der Waals surface area contributed by atoms with Crippen molar-refractivity contribution >= 4 is 46.1 Å². The van der Waals surface area contributed by atoms with Gasteiger partial charge in [0.15, 0.2) is 0 Å². The molecule has 0 aliphatic carbocycles. The second-order valence-electron chi connectivity index (χ2n) is 19.1. The minimum Gasteiger partial charge on any atom is -0.464 e. The summed E-state index contributed by atoms with van der Waals surface area (Å²) >= 11 is 1.42. The van der Waals surface area contributed by atoms with Gasteiger partial charge in [-0.2, -0.15) is 0 Å². The zero-order valence-electron chi connectivity index (χ0n) is 39.7. The number of thiazole rings is 1. The van der Waals surface area contributed by atoms with Crippen molar-refractivity contribution < 1.29 is 33.4 Å². The van der Waals surface area contributed by atoms with E-state index in [0.717, 1.165) is 44.7 Å². The Morgan fingerprint density at radius 3 is 2.63 bits per heavy atom. The first-order valence-corrected chi connectivity index (χ1v) is 23.8. The van der Waals surface area contributed by atoms with E-state index < -0.39 is 41.3 Å². The Bertz CT molecular complexity index is 2360. The number of ether oxygens (including phenoxy) is 3. The summed E-state index contributed by atoms with van der Waals surface area (Å²) in [6.45, 7) is 15.2. The Morgan fingerprint density at radius 1 is 1.12 bits per heavy atom. The quantitative estimate of drug-likeness (QED) is 0.192. The standard InChI is InChI=1S/C48H67N9O7S/c1-11-56-39-17-16-31-22-34(39)35(43(56)33-14-12-18-49-41(33)30(4)62-10)24-48(5,6)28-64-46(60)36-15-13-19-57(52-36)45(59)37(23-40-50-38(31)27-65-40)51-44(58)42(29(2)3)54(9)47(61)55-20-21-63-32(26-55)25-53(7)8/h12,14,16-18,22,27,29-30,32,36-37,42,52H,11,13,15,19-21,23-26,28H2,1-10H3,(H,51,58)/t30-,32-,36-,37-,42?/m0/s1. The number of fused-ring (bicyclic) bond motifs is 6. The molecule has 1 unspecified atom stereocenters. The number of morpholine rings is 1. The number of benzene rings is 1. The molecule has 0 spiro atoms. The normalized spacial score (nSPS) is 21.6. The molecule has 6 heterocycles. The zero-order chi connectivity index (χ0) is 46.7. The number of rotatable bonds is 10. The molecule has 2 saturated heterocycles. The highest BCUT2D eigenvalue weighted by Gasteiger charge is 2.39. The number of nitrogens with zero attached hydrogens (tertiary/aromatic N) is 7. The molecule has 6 bridgehead atoms. The van der Waals surface area contributed by atoms with E-state index in [-0.39, 0.29) is 37.2 Å². The molecular formula is C48H67N9O7S. The van der Waals surface area contributed by atoms with Gasteiger partial charge in [0.1, 0.15) is 18.1 Å². The van der Waals surface area contributed by atoms with Crippen LogP contribution in [0.1, 0.15) is 76.8 Å². The second-order valence-corrected chi connectivity index (χ2v) is 20.0. The molecule has 352 valence electrons. The van der Waals surface area contributed by atoms with Gasteiger partial charge in [-0.25, -0.2) is 15.2 Å². The number of cyclic esters (lactones) is 1. The largest absolute Gasteiger partial charge is 0.464 e. The van der Waals surface area contributed by atoms with Gasteiger partial charge in [0.25, 0.3) is 5.91 Å². The third-order valence-corrected chi connectivity index (χ3v) is 13.6. The van der Waals surface area contributed by atoms with Gasteiger partial charge in [-0.05, 0) is 83.0 Å². The van der Waals surface area contributed by atoms with Crippen LogP contribution in [0.4, 0.5) is 4.79 Å². The third-order valence-electron chi connectivity index (χ3n) is 12.8. The maximum absolute atomic E-state index is 14.6. The number of carbonyl (C=O) groups excluding carboxylic acids is 4. The Balaban J connectivity index is 1.26. The van der Waals surface area contributed by atoms with Crippen LogP contribution < -0.4 is 10.7 Å². The maximum Gasteiger partial charge on any atom is 0.324 e. The lowest BCUT2D eigenvalue weighted by molar-refractivity contribution is -0.155. The van der Waals surface area contributed by atoms with E-state index in [2.05, 4.69) is 60.3 Å². The summed E-state index contributed by atoms with van der Waals surface area (Å²) in [5.41, 5.74) is 9.36. The molecule has 0 saturated carbocycles. The highest BCUT2D eigenvalue weighted by atomic mass is 32.1. The second kappa shape index (κ2) is 20.3. The summed E-state index contributed by atoms with van der Waals surface area (Å²) in [6, 6.07) is 7.47. The summed E-state index contributed by atoms with van der Waals surface area (Å²) in [7, 11) is 7.25. The van der Waals surface area contributed by atoms with E-state index in [1.807, 2.05) is 51.2 Å². The van der Waals surface area contributed by atoms with Crippen LogP contribution in [0.25, 0.3) is 33.4 Å². The molecule has 7 rings (SSSR count). The monoisotopic (exact) mass is 913 g/mol. The molecule has 2 fully saturated rings. The van der Waals surface area contributed by atoms with Crippen LogP contribution in [0.2, 0.25) is 0 Å². The number of aromatic nitrogens is 3. The number of amides is 4. The molecule has 16 nitrogen and oxygen atoms in total. The molecule has 17 heteroatoms. The molecule has 4 aromatic rings. The molecule has 3 aliphatic heterocycles. The predicted octanol–water partition coefficient (Wildman–Crippen LogP) is 5.54. The fraction of sp³-hybridized carbons (Fsp3) is 0.583. The first kappa shape index (κ1) is 48.0. The Labute approximate surface area is 386 Å². The van der Waals surface area contributed by atoms with Gasteiger partial charge in [0, 0.05) is 92.3 Å². The van der Waals surface area contributed by atoms with Crippen LogP contribution in [-0.2, 0) is 48.0 Å². The van der Waals surface area contributed by atoms with E-state index in [1.54, 1.807) is 25.3 Å². The summed E-state index contributed by atoms with van der Waals surface area (Å²) in [5.74, 6) is -1.58. The van der Waals surface area contributed by atoms with Gasteiger partial charge in [-0.3, -0.25) is 24.4 Å². The van der Waals surface area contributed by atoms with Crippen LogP contribution in [0, 0.1) is 11.3 Å². The van der Waals surface area contributed by atoms with Crippen LogP contribution >= 0.6 is 11.3 Å². The number of urea groups is 1. The van der Waals surface area contributed by atoms with E-state index in [1.165, 1.54) is 21.2 Å². The van der Waals surface area contributed by atoms with Crippen LogP contribution in [0.5, 0.6) is 0 Å². The van der Waals surface area contributed by atoms with Gasteiger partial charge < -0.3 is 38.8 Å². The summed E-state index contributed by atoms with van der Waals surface area (Å²) < 4.78 is 20.2. The van der Waals surface area contributed by atoms with E-state index in [4.69, 9.17) is 24.2 Å². The molecular weight excluding hydrogens is 847 g/mol. The van der Waals surface area contributed by atoms with Crippen molar-refractivity contribution in [3.05, 3.63) is 58.2 Å². The number of nitrogens with one attached hydrogen (secondary N) is 2. The van der Waals surface area contributed by atoms with Gasteiger partial charge in [-0.1, -0.05) is 33.8 Å². The molecule has 3 aromatic heterocycles. The summed E-state index contributed by atoms with van der Waals surface area (Å²) in [6.07, 6.45) is 3.11. The van der Waals surface area contributed by atoms with E-state index in [0.29, 0.717) is 63.6 Å². The maximum atomic E-state index is 14.6. The Hall–Kier alpha value is -4.94. The minimum atomic E-state index is -1.06. The number of likely N-dealkylation sites (N-methyl/N-ethyl adjacent to an activating group) is 2. The van der Waals surface area contributed by atoms with Gasteiger partial charge >= 0.3 is 12.0 Å². The highest BCUT2D eigenvalue weighted by molar-refractivity contribution is 7.10. The van der Waals surface area contributed by atoms with E-state index >= 15 is 0 Å². The Kier molecular flexibility index (Phi) is 15.0. The van der Waals surface area contributed by atoms with Gasteiger partial charge in [0.2, 0.25) is 5.91 Å². The number of carbonyl (C=O) groups is 4. The summed E-state index contributed by atoms with van der Waals surface area (Å²) in [5, 5.41) is 8.20. The lowest BCUT2D eigenvalue weighted by Crippen LogP contribution is -2.63. The van der Waals surface area contributed by atoms with Crippen molar-refractivity contribution in [2.45, 2.75) is 104 Å². The number of aryl methyl sites for hydroxylation is 1. The molecule has 4 amide bonds. The molecule has 0 radical (unpaired) electrons. The zero-order valence-corrected chi connectivity index (χ0v) is 40.5. The highest BCUT2D eigenvalue weighted by Crippen LogP contribution is 2.42. The van der Waals surface area contributed by atoms with Crippen molar-refractivity contribution in [3.63, 3.8) is 0 Å². The SMILES string of the molecule is CCn1c(-c2cccnc2[C@H](C)OC)c2c3cc(ccc31)-c1csc(n1)C[C@H](NC(=O)C(C(C)C)N(C)C(=O)N1CCO[C@@H](CN(C)C)C1)C(=O)N1CCC[C@H](N1)C(=O)OCC(C)(C)C2. The van der Waals surface area contributed by atoms with Crippen molar-refractivity contribution in [2.75, 3.05) is 67.6 Å². The average Bonchev–Trinajstić information content (AvgIpc) is 3.88. The third kappa shape index (κ3) is 10.5. The molecule has 65 heavy (non-hydrogen) atoms. The topological polar surface area (TPSA) is 164 Å². The number of pyridine rings is 1. The predicted molar refractivity (Wildman–Crippen MR) is 251 cm³/mol. The molecule has 3 aliphatic rings. The van der Waals surface area contributed by atoms with Crippen molar-refractivity contribution in [1.29, 1.82) is 0 Å². The fourth-order valence-electron chi connectivity index (χ4n) is 9.50. The average molecular weight is 914 g/mol. The lowest BCUT2D eigenvalue weighted by atomic mass is 9.84. The molecule has 5 atom stereocenters. The van der Waals surface area contributed by atoms with Gasteiger partial charge in [-0.15, -0.1) is 11.3 Å².